The Kier molecular flexibility index (Phi) is 4.53. The van der Waals surface area contributed by atoms with Crippen molar-refractivity contribution >= 4 is 11.5 Å². The van der Waals surface area contributed by atoms with Gasteiger partial charge in [0.2, 0.25) is 0 Å². The molecule has 0 aromatic carbocycles. The lowest BCUT2D eigenvalue weighted by molar-refractivity contribution is -0.274. The zero-order valence-corrected chi connectivity index (χ0v) is 15.5. The van der Waals surface area contributed by atoms with Crippen LogP contribution in [0.1, 0.15) is 52.1 Å². The number of esters is 1. The predicted molar refractivity (Wildman–Crippen MR) is 92.6 cm³/mol. The van der Waals surface area contributed by atoms with Crippen LogP contribution in [0.2, 0.25) is 0 Å². The van der Waals surface area contributed by atoms with E-state index in [9.17, 15) is 18.0 Å². The molecule has 8 heteroatoms. The topological polar surface area (TPSA) is 74.4 Å². The molecule has 3 aliphatic carbocycles. The quantitative estimate of drug-likeness (QED) is 0.798. The van der Waals surface area contributed by atoms with Gasteiger partial charge in [0.15, 0.2) is 5.75 Å². The summed E-state index contributed by atoms with van der Waals surface area (Å²) in [5.74, 6) is -0.809. The summed E-state index contributed by atoms with van der Waals surface area (Å²) in [6.07, 6.45) is 0.0795. The van der Waals surface area contributed by atoms with Crippen molar-refractivity contribution in [1.82, 2.24) is 4.98 Å². The lowest BCUT2D eigenvalue weighted by atomic mass is 9.58. The van der Waals surface area contributed by atoms with Gasteiger partial charge in [0.05, 0.1) is 5.41 Å². The number of rotatable bonds is 3. The third-order valence-corrected chi connectivity index (χ3v) is 5.05. The van der Waals surface area contributed by atoms with Crippen LogP contribution in [0.4, 0.5) is 13.2 Å². The zero-order chi connectivity index (χ0) is 20.1. The van der Waals surface area contributed by atoms with Crippen molar-refractivity contribution in [3.8, 4) is 5.75 Å². The van der Waals surface area contributed by atoms with Gasteiger partial charge in [0, 0.05) is 11.7 Å². The summed E-state index contributed by atoms with van der Waals surface area (Å²) < 4.78 is 48.1. The summed E-state index contributed by atoms with van der Waals surface area (Å²) >= 11 is 0. The minimum absolute atomic E-state index is 0.0182. The molecule has 0 unspecified atom stereocenters. The Morgan fingerprint density at radius 1 is 1.19 bits per heavy atom. The normalized spacial score (nSPS) is 27.9. The van der Waals surface area contributed by atoms with Crippen molar-refractivity contribution < 1.29 is 27.4 Å². The number of aromatic nitrogens is 1. The number of halogens is 3. The van der Waals surface area contributed by atoms with Crippen LogP contribution in [-0.4, -0.2) is 28.5 Å². The molecule has 27 heavy (non-hydrogen) atoms. The number of fused-ring (bicyclic) bond motifs is 2. The van der Waals surface area contributed by atoms with Crippen LogP contribution in [0, 0.1) is 5.41 Å². The molecule has 3 aliphatic rings. The van der Waals surface area contributed by atoms with Crippen LogP contribution in [0.25, 0.3) is 5.57 Å². The van der Waals surface area contributed by atoms with Gasteiger partial charge in [0.25, 0.3) is 0 Å². The highest BCUT2D eigenvalue weighted by Crippen LogP contribution is 2.54. The average molecular weight is 384 g/mol. The highest BCUT2D eigenvalue weighted by atomic mass is 19.4. The van der Waals surface area contributed by atoms with E-state index in [2.05, 4.69) is 9.72 Å². The molecule has 148 valence electrons. The van der Waals surface area contributed by atoms with Gasteiger partial charge in [-0.25, -0.2) is 0 Å². The SMILES string of the molecule is CC(C)(C)OC(=O)C12C=C(c3ncccc3OC(F)(F)F)C(N)(CC1)CC2. The fourth-order valence-corrected chi connectivity index (χ4v) is 3.72. The minimum Gasteiger partial charge on any atom is -0.459 e. The van der Waals surface area contributed by atoms with Crippen LogP contribution in [0.5, 0.6) is 5.75 Å². The lowest BCUT2D eigenvalue weighted by Crippen LogP contribution is -2.54. The van der Waals surface area contributed by atoms with E-state index in [0.717, 1.165) is 0 Å². The molecule has 1 fully saturated rings. The lowest BCUT2D eigenvalue weighted by Gasteiger charge is -2.49. The van der Waals surface area contributed by atoms with Crippen molar-refractivity contribution in [2.45, 2.75) is 64.0 Å². The van der Waals surface area contributed by atoms with Gasteiger partial charge in [-0.15, -0.1) is 13.2 Å². The molecule has 2 bridgehead atoms. The molecule has 4 rings (SSSR count). The fourth-order valence-electron chi connectivity index (χ4n) is 3.72. The molecular weight excluding hydrogens is 361 g/mol. The van der Waals surface area contributed by atoms with E-state index in [1.165, 1.54) is 18.3 Å². The number of ether oxygens (including phenoxy) is 2. The van der Waals surface area contributed by atoms with Crippen molar-refractivity contribution in [2.75, 3.05) is 0 Å². The second-order valence-electron chi connectivity index (χ2n) is 8.27. The van der Waals surface area contributed by atoms with Crippen LogP contribution in [-0.2, 0) is 9.53 Å². The van der Waals surface area contributed by atoms with E-state index >= 15 is 0 Å². The first-order valence-electron chi connectivity index (χ1n) is 8.80. The zero-order valence-electron chi connectivity index (χ0n) is 15.5. The Morgan fingerprint density at radius 2 is 1.81 bits per heavy atom. The number of carbonyl (C=O) groups excluding carboxylic acids is 1. The maximum Gasteiger partial charge on any atom is 0.573 e. The molecule has 0 aliphatic heterocycles. The molecule has 0 radical (unpaired) electrons. The molecule has 0 amide bonds. The number of carbonyl (C=O) groups is 1. The third-order valence-electron chi connectivity index (χ3n) is 5.05. The van der Waals surface area contributed by atoms with Gasteiger partial charge in [-0.1, -0.05) is 6.08 Å². The third kappa shape index (κ3) is 3.95. The molecule has 0 atom stereocenters. The van der Waals surface area contributed by atoms with E-state index in [1.54, 1.807) is 26.8 Å². The van der Waals surface area contributed by atoms with Crippen LogP contribution in [0.3, 0.4) is 0 Å². The number of alkyl halides is 3. The first-order valence-corrected chi connectivity index (χ1v) is 8.80. The Morgan fingerprint density at radius 3 is 2.37 bits per heavy atom. The van der Waals surface area contributed by atoms with E-state index < -0.39 is 28.7 Å². The second-order valence-corrected chi connectivity index (χ2v) is 8.27. The highest BCUT2D eigenvalue weighted by molar-refractivity contribution is 5.87. The van der Waals surface area contributed by atoms with E-state index in [-0.39, 0.29) is 11.7 Å². The van der Waals surface area contributed by atoms with Crippen molar-refractivity contribution in [3.05, 3.63) is 30.1 Å². The summed E-state index contributed by atoms with van der Waals surface area (Å²) in [4.78, 5) is 16.9. The van der Waals surface area contributed by atoms with Gasteiger partial charge in [-0.2, -0.15) is 0 Å². The number of hydrogen-bond donors (Lipinski definition) is 1. The maximum absolute atomic E-state index is 12.8. The van der Waals surface area contributed by atoms with Crippen LogP contribution in [0.15, 0.2) is 24.4 Å². The van der Waals surface area contributed by atoms with Gasteiger partial charge in [-0.3, -0.25) is 9.78 Å². The number of pyridine rings is 1. The molecule has 1 heterocycles. The van der Waals surface area contributed by atoms with E-state index in [1.807, 2.05) is 0 Å². The Labute approximate surface area is 155 Å². The summed E-state index contributed by atoms with van der Waals surface area (Å²) in [6.45, 7) is 5.33. The number of hydrogen-bond acceptors (Lipinski definition) is 5. The van der Waals surface area contributed by atoms with Gasteiger partial charge < -0.3 is 15.2 Å². The smallest absolute Gasteiger partial charge is 0.459 e. The minimum atomic E-state index is -4.85. The first-order chi connectivity index (χ1) is 12.3. The number of nitrogens with zero attached hydrogens (tertiary/aromatic N) is 1. The molecule has 0 spiro atoms. The molecular formula is C19H23F3N2O3. The molecule has 2 N–H and O–H groups in total. The van der Waals surface area contributed by atoms with E-state index in [4.69, 9.17) is 10.5 Å². The largest absolute Gasteiger partial charge is 0.573 e. The van der Waals surface area contributed by atoms with E-state index in [0.29, 0.717) is 31.3 Å². The van der Waals surface area contributed by atoms with Gasteiger partial charge >= 0.3 is 12.3 Å². The van der Waals surface area contributed by atoms with Crippen molar-refractivity contribution in [2.24, 2.45) is 11.1 Å². The molecule has 1 saturated carbocycles. The van der Waals surface area contributed by atoms with Crippen LogP contribution >= 0.6 is 0 Å². The van der Waals surface area contributed by atoms with Crippen molar-refractivity contribution in [1.29, 1.82) is 0 Å². The van der Waals surface area contributed by atoms with Crippen molar-refractivity contribution in [3.63, 3.8) is 0 Å². The monoisotopic (exact) mass is 384 g/mol. The summed E-state index contributed by atoms with van der Waals surface area (Å²) in [5.41, 5.74) is 4.51. The Balaban J connectivity index is 2.05. The highest BCUT2D eigenvalue weighted by Gasteiger charge is 2.53. The Bertz CT molecular complexity index is 773. The summed E-state index contributed by atoms with van der Waals surface area (Å²) in [6, 6.07) is 2.56. The second kappa shape index (κ2) is 6.22. The molecule has 0 saturated heterocycles. The first kappa shape index (κ1) is 19.7. The average Bonchev–Trinajstić information content (AvgIpc) is 2.53. The van der Waals surface area contributed by atoms with Gasteiger partial charge in [-0.05, 0) is 64.2 Å². The van der Waals surface area contributed by atoms with Crippen LogP contribution < -0.4 is 10.5 Å². The summed E-state index contributed by atoms with van der Waals surface area (Å²) in [7, 11) is 0. The molecule has 1 aromatic rings. The Hall–Kier alpha value is -2.09. The number of nitrogens with two attached hydrogens (primary N) is 1. The standard InChI is InChI=1S/C19H23F3N2O3/c1-16(2,3)27-15(25)17-6-8-18(23,9-7-17)12(11-17)14-13(5-4-10-24-14)26-19(20,21)22/h4-5,10-11H,6-9,23H2,1-3H3. The fraction of sp³-hybridized carbons (Fsp3) is 0.579. The molecule has 5 nitrogen and oxygen atoms in total. The van der Waals surface area contributed by atoms with Gasteiger partial charge in [0.1, 0.15) is 11.3 Å². The predicted octanol–water partition coefficient (Wildman–Crippen LogP) is 3.98. The molecule has 1 aromatic heterocycles. The maximum atomic E-state index is 12.8. The summed E-state index contributed by atoms with van der Waals surface area (Å²) in [5, 5.41) is 0.